The maximum atomic E-state index is 12.5. The van der Waals surface area contributed by atoms with Crippen molar-refractivity contribution in [3.8, 4) is 0 Å². The van der Waals surface area contributed by atoms with Crippen LogP contribution in [0.2, 0.25) is 0 Å². The lowest BCUT2D eigenvalue weighted by atomic mass is 9.93. The number of ether oxygens (including phenoxy) is 1. The third-order valence-corrected chi connectivity index (χ3v) is 4.90. The molecule has 0 bridgehead atoms. The molecule has 25 heavy (non-hydrogen) atoms. The zero-order valence-corrected chi connectivity index (χ0v) is 14.2. The first-order chi connectivity index (χ1) is 12.0. The van der Waals surface area contributed by atoms with Crippen molar-refractivity contribution in [1.82, 2.24) is 5.32 Å². The number of anilines is 1. The lowest BCUT2D eigenvalue weighted by Crippen LogP contribution is -2.48. The molecule has 1 aromatic rings. The SMILES string of the molecule is CN1C(=O)CCc2cc(C(=O)N[C@H](C(=O)O)[C@@H]3CCCOC3)ccc21. The van der Waals surface area contributed by atoms with E-state index in [4.69, 9.17) is 4.74 Å². The minimum atomic E-state index is -1.05. The Morgan fingerprint density at radius 1 is 1.36 bits per heavy atom. The van der Waals surface area contributed by atoms with Gasteiger partial charge in [0, 0.05) is 37.2 Å². The van der Waals surface area contributed by atoms with Gasteiger partial charge in [0.2, 0.25) is 5.91 Å². The zero-order valence-electron chi connectivity index (χ0n) is 14.2. The summed E-state index contributed by atoms with van der Waals surface area (Å²) in [5.74, 6) is -1.64. The van der Waals surface area contributed by atoms with Crippen LogP contribution in [0.3, 0.4) is 0 Å². The van der Waals surface area contributed by atoms with Crippen molar-refractivity contribution in [3.63, 3.8) is 0 Å². The summed E-state index contributed by atoms with van der Waals surface area (Å²) in [5.41, 5.74) is 2.12. The van der Waals surface area contributed by atoms with Gasteiger partial charge in [-0.2, -0.15) is 0 Å². The Kier molecular flexibility index (Phi) is 5.03. The number of hydrogen-bond acceptors (Lipinski definition) is 4. The van der Waals surface area contributed by atoms with Crippen LogP contribution in [-0.4, -0.2) is 49.2 Å². The molecule has 7 nitrogen and oxygen atoms in total. The first-order valence-corrected chi connectivity index (χ1v) is 8.48. The van der Waals surface area contributed by atoms with Crippen LogP contribution in [0.5, 0.6) is 0 Å². The molecule has 1 aromatic carbocycles. The molecule has 1 saturated heterocycles. The van der Waals surface area contributed by atoms with Crippen LogP contribution in [0.15, 0.2) is 18.2 Å². The van der Waals surface area contributed by atoms with Gasteiger partial charge in [0.25, 0.3) is 5.91 Å². The molecule has 2 aliphatic rings. The van der Waals surface area contributed by atoms with Crippen LogP contribution < -0.4 is 10.2 Å². The lowest BCUT2D eigenvalue weighted by Gasteiger charge is -2.28. The van der Waals surface area contributed by atoms with Gasteiger partial charge in [-0.3, -0.25) is 9.59 Å². The molecule has 0 unspecified atom stereocenters. The van der Waals surface area contributed by atoms with Crippen molar-refractivity contribution in [2.75, 3.05) is 25.2 Å². The molecule has 1 fully saturated rings. The summed E-state index contributed by atoms with van der Waals surface area (Å²) in [7, 11) is 1.71. The normalized spacial score (nSPS) is 21.4. The Hall–Kier alpha value is -2.41. The second-order valence-electron chi connectivity index (χ2n) is 6.56. The van der Waals surface area contributed by atoms with Crippen molar-refractivity contribution in [1.29, 1.82) is 0 Å². The molecular weight excluding hydrogens is 324 g/mol. The highest BCUT2D eigenvalue weighted by atomic mass is 16.5. The highest BCUT2D eigenvalue weighted by Crippen LogP contribution is 2.27. The number of carbonyl (C=O) groups is 3. The average molecular weight is 346 g/mol. The number of aryl methyl sites for hydroxylation is 1. The molecule has 2 heterocycles. The molecule has 2 aliphatic heterocycles. The molecule has 2 atom stereocenters. The molecule has 0 radical (unpaired) electrons. The van der Waals surface area contributed by atoms with Crippen molar-refractivity contribution < 1.29 is 24.2 Å². The standard InChI is InChI=1S/C18H22N2O5/c1-20-14-6-4-12(9-11(14)5-7-15(20)21)17(22)19-16(18(23)24)13-3-2-8-25-10-13/h4,6,9,13,16H,2-3,5,7-8,10H2,1H3,(H,19,22)(H,23,24)/t13-,16+/m1/s1. The summed E-state index contributed by atoms with van der Waals surface area (Å²) in [4.78, 5) is 37.4. The topological polar surface area (TPSA) is 95.9 Å². The Labute approximate surface area is 146 Å². The first-order valence-electron chi connectivity index (χ1n) is 8.48. The number of carboxylic acid groups (broad SMARTS) is 1. The molecule has 2 N–H and O–H groups in total. The Morgan fingerprint density at radius 2 is 2.16 bits per heavy atom. The summed E-state index contributed by atoms with van der Waals surface area (Å²) in [6.07, 6.45) is 2.50. The Bertz CT molecular complexity index is 697. The molecule has 0 aromatic heterocycles. The summed E-state index contributed by atoms with van der Waals surface area (Å²) in [6.45, 7) is 0.974. The number of carbonyl (C=O) groups excluding carboxylic acids is 2. The van der Waals surface area contributed by atoms with Gasteiger partial charge in [-0.05, 0) is 43.0 Å². The summed E-state index contributed by atoms with van der Waals surface area (Å²) in [6, 6.07) is 4.14. The number of fused-ring (bicyclic) bond motifs is 1. The fourth-order valence-electron chi connectivity index (χ4n) is 3.43. The second kappa shape index (κ2) is 7.23. The summed E-state index contributed by atoms with van der Waals surface area (Å²) >= 11 is 0. The molecular formula is C18H22N2O5. The van der Waals surface area contributed by atoms with Gasteiger partial charge in [0.15, 0.2) is 0 Å². The fraction of sp³-hybridized carbons (Fsp3) is 0.500. The molecule has 0 aliphatic carbocycles. The second-order valence-corrected chi connectivity index (χ2v) is 6.56. The van der Waals surface area contributed by atoms with Gasteiger partial charge in [-0.25, -0.2) is 4.79 Å². The fourth-order valence-corrected chi connectivity index (χ4v) is 3.43. The van der Waals surface area contributed by atoms with Crippen molar-refractivity contribution in [2.45, 2.75) is 31.7 Å². The van der Waals surface area contributed by atoms with E-state index >= 15 is 0 Å². The van der Waals surface area contributed by atoms with E-state index in [1.54, 1.807) is 30.1 Å². The highest BCUT2D eigenvalue weighted by Gasteiger charge is 2.32. The lowest BCUT2D eigenvalue weighted by molar-refractivity contribution is -0.142. The van der Waals surface area contributed by atoms with E-state index in [0.717, 1.165) is 17.7 Å². The minimum Gasteiger partial charge on any atom is -0.480 e. The zero-order chi connectivity index (χ0) is 18.0. The van der Waals surface area contributed by atoms with E-state index in [0.29, 0.717) is 38.0 Å². The van der Waals surface area contributed by atoms with E-state index in [1.165, 1.54) is 0 Å². The highest BCUT2D eigenvalue weighted by molar-refractivity contribution is 6.00. The van der Waals surface area contributed by atoms with Gasteiger partial charge in [0.05, 0.1) is 6.61 Å². The van der Waals surface area contributed by atoms with Crippen molar-refractivity contribution in [2.24, 2.45) is 5.92 Å². The Balaban J connectivity index is 1.76. The summed E-state index contributed by atoms with van der Waals surface area (Å²) in [5, 5.41) is 12.1. The smallest absolute Gasteiger partial charge is 0.326 e. The monoisotopic (exact) mass is 346 g/mol. The van der Waals surface area contributed by atoms with Crippen molar-refractivity contribution in [3.05, 3.63) is 29.3 Å². The van der Waals surface area contributed by atoms with Crippen LogP contribution >= 0.6 is 0 Å². The van der Waals surface area contributed by atoms with Gasteiger partial charge in [0.1, 0.15) is 6.04 Å². The first kappa shape index (κ1) is 17.4. The van der Waals surface area contributed by atoms with Gasteiger partial charge in [-0.15, -0.1) is 0 Å². The number of benzene rings is 1. The third-order valence-electron chi connectivity index (χ3n) is 4.90. The van der Waals surface area contributed by atoms with E-state index in [-0.39, 0.29) is 11.8 Å². The maximum Gasteiger partial charge on any atom is 0.326 e. The molecule has 134 valence electrons. The average Bonchev–Trinajstić information content (AvgIpc) is 2.62. The largest absolute Gasteiger partial charge is 0.480 e. The van der Waals surface area contributed by atoms with Crippen LogP contribution in [0, 0.1) is 5.92 Å². The number of carboxylic acids is 1. The van der Waals surface area contributed by atoms with Gasteiger partial charge < -0.3 is 20.1 Å². The molecule has 0 spiro atoms. The quantitative estimate of drug-likeness (QED) is 0.854. The molecule has 0 saturated carbocycles. The molecule has 2 amide bonds. The van der Waals surface area contributed by atoms with Crippen molar-refractivity contribution >= 4 is 23.5 Å². The Morgan fingerprint density at radius 3 is 2.84 bits per heavy atom. The molecule has 7 heteroatoms. The number of nitrogens with zero attached hydrogens (tertiary/aromatic N) is 1. The predicted octanol–water partition coefficient (Wildman–Crippen LogP) is 1.21. The number of rotatable bonds is 4. The maximum absolute atomic E-state index is 12.5. The van der Waals surface area contributed by atoms with Crippen LogP contribution in [0.1, 0.15) is 35.2 Å². The number of hydrogen-bond donors (Lipinski definition) is 2. The van der Waals surface area contributed by atoms with Crippen LogP contribution in [-0.2, 0) is 20.7 Å². The van der Waals surface area contributed by atoms with Crippen LogP contribution in [0.25, 0.3) is 0 Å². The van der Waals surface area contributed by atoms with E-state index in [1.807, 2.05) is 0 Å². The number of nitrogens with one attached hydrogen (secondary N) is 1. The third kappa shape index (κ3) is 3.66. The van der Waals surface area contributed by atoms with E-state index < -0.39 is 17.9 Å². The van der Waals surface area contributed by atoms with Gasteiger partial charge >= 0.3 is 5.97 Å². The number of aliphatic carboxylic acids is 1. The number of amides is 2. The van der Waals surface area contributed by atoms with E-state index in [9.17, 15) is 19.5 Å². The van der Waals surface area contributed by atoms with Crippen LogP contribution in [0.4, 0.5) is 5.69 Å². The van der Waals surface area contributed by atoms with E-state index in [2.05, 4.69) is 5.32 Å². The summed E-state index contributed by atoms with van der Waals surface area (Å²) < 4.78 is 5.34. The van der Waals surface area contributed by atoms with Gasteiger partial charge in [-0.1, -0.05) is 0 Å². The predicted molar refractivity (Wildman–Crippen MR) is 90.6 cm³/mol. The molecule has 3 rings (SSSR count). The minimum absolute atomic E-state index is 0.0490.